The van der Waals surface area contributed by atoms with Crippen molar-refractivity contribution in [2.24, 2.45) is 0 Å². The Morgan fingerprint density at radius 1 is 0.426 bits per heavy atom. The van der Waals surface area contributed by atoms with Crippen molar-refractivity contribution in [3.05, 3.63) is 133 Å². The molecule has 0 bridgehead atoms. The standard InChI is InChI=1S/C40H22N4OS2/c1-2-11-23(12-3-1)37-42-38(44-39(43-37)27-16-10-22-33-35(27)24-13-4-6-20-31(24)46-33)26-15-9-19-30-34(26)25-14-8-17-28(36(25)45-30)40-41-29-18-5-7-21-32(29)47-40/h1-22H. The molecule has 4 aromatic heterocycles. The van der Waals surface area contributed by atoms with Crippen molar-refractivity contribution in [1.29, 1.82) is 0 Å². The van der Waals surface area contributed by atoms with Crippen LogP contribution in [0.3, 0.4) is 0 Å². The van der Waals surface area contributed by atoms with Crippen molar-refractivity contribution in [2.45, 2.75) is 0 Å². The third-order valence-corrected chi connectivity index (χ3v) is 10.8. The van der Waals surface area contributed by atoms with Gasteiger partial charge in [0.15, 0.2) is 17.5 Å². The van der Waals surface area contributed by atoms with Gasteiger partial charge in [-0.3, -0.25) is 0 Å². The molecule has 0 amide bonds. The number of thiazole rings is 1. The Morgan fingerprint density at radius 3 is 1.91 bits per heavy atom. The zero-order valence-corrected chi connectivity index (χ0v) is 26.3. The molecular formula is C40H22N4OS2. The zero-order valence-electron chi connectivity index (χ0n) is 24.7. The summed E-state index contributed by atoms with van der Waals surface area (Å²) in [6, 6.07) is 45.6. The lowest BCUT2D eigenvalue weighted by atomic mass is 10.0. The maximum atomic E-state index is 6.62. The number of aromatic nitrogens is 4. The first kappa shape index (κ1) is 26.5. The highest BCUT2D eigenvalue weighted by Crippen LogP contribution is 2.43. The summed E-state index contributed by atoms with van der Waals surface area (Å²) in [7, 11) is 0. The minimum Gasteiger partial charge on any atom is -0.455 e. The topological polar surface area (TPSA) is 64.7 Å². The zero-order chi connectivity index (χ0) is 30.9. The summed E-state index contributed by atoms with van der Waals surface area (Å²) >= 11 is 3.46. The van der Waals surface area contributed by atoms with Gasteiger partial charge in [0.2, 0.25) is 0 Å². The van der Waals surface area contributed by atoms with E-state index in [1.165, 1.54) is 14.8 Å². The third-order valence-electron chi connectivity index (χ3n) is 8.60. The molecule has 0 saturated carbocycles. The van der Waals surface area contributed by atoms with Gasteiger partial charge in [0.05, 0.1) is 15.8 Å². The number of rotatable bonds is 4. The van der Waals surface area contributed by atoms with E-state index in [-0.39, 0.29) is 0 Å². The molecule has 0 saturated heterocycles. The molecule has 0 spiro atoms. The van der Waals surface area contributed by atoms with Crippen LogP contribution in [0.5, 0.6) is 0 Å². The van der Waals surface area contributed by atoms with E-state index in [0.29, 0.717) is 17.5 Å². The van der Waals surface area contributed by atoms with Crippen LogP contribution < -0.4 is 0 Å². The molecule has 47 heavy (non-hydrogen) atoms. The molecule has 7 heteroatoms. The molecule has 10 rings (SSSR count). The van der Waals surface area contributed by atoms with Gasteiger partial charge < -0.3 is 4.42 Å². The SMILES string of the molecule is c1ccc(-c2nc(-c3cccc4oc5c(-c6nc7ccccc7s6)cccc5c34)nc(-c3cccc4sc5ccccc5c34)n2)cc1. The molecule has 0 N–H and O–H groups in total. The Hall–Kier alpha value is -5.76. The van der Waals surface area contributed by atoms with Crippen molar-refractivity contribution in [3.8, 4) is 44.7 Å². The summed E-state index contributed by atoms with van der Waals surface area (Å²) in [5.74, 6) is 1.87. The Bertz CT molecular complexity index is 2780. The van der Waals surface area contributed by atoms with Crippen LogP contribution in [-0.2, 0) is 0 Å². The molecular weight excluding hydrogens is 617 g/mol. The number of thiophene rings is 1. The highest BCUT2D eigenvalue weighted by atomic mass is 32.1. The number of furan rings is 1. The van der Waals surface area contributed by atoms with E-state index >= 15 is 0 Å². The highest BCUT2D eigenvalue weighted by Gasteiger charge is 2.21. The molecule has 6 aromatic carbocycles. The molecule has 0 aliphatic rings. The number of nitrogens with zero attached hydrogens (tertiary/aromatic N) is 4. The van der Waals surface area contributed by atoms with Gasteiger partial charge in [-0.1, -0.05) is 97.1 Å². The molecule has 0 atom stereocenters. The molecule has 0 unspecified atom stereocenters. The molecule has 5 nitrogen and oxygen atoms in total. The maximum Gasteiger partial charge on any atom is 0.164 e. The summed E-state index contributed by atoms with van der Waals surface area (Å²) < 4.78 is 10.2. The van der Waals surface area contributed by atoms with Crippen molar-refractivity contribution >= 4 is 75.0 Å². The smallest absolute Gasteiger partial charge is 0.164 e. The Morgan fingerprint density at radius 2 is 1.06 bits per heavy atom. The van der Waals surface area contributed by atoms with Crippen LogP contribution in [-0.4, -0.2) is 19.9 Å². The van der Waals surface area contributed by atoms with Gasteiger partial charge >= 0.3 is 0 Å². The number of para-hydroxylation sites is 2. The summed E-state index contributed by atoms with van der Waals surface area (Å²) in [6.45, 7) is 0. The van der Waals surface area contributed by atoms with Gasteiger partial charge in [-0.05, 0) is 36.4 Å². The van der Waals surface area contributed by atoms with Gasteiger partial charge in [-0.15, -0.1) is 22.7 Å². The van der Waals surface area contributed by atoms with Crippen LogP contribution in [0.4, 0.5) is 0 Å². The molecule has 0 fully saturated rings. The monoisotopic (exact) mass is 638 g/mol. The van der Waals surface area contributed by atoms with Crippen LogP contribution >= 0.6 is 22.7 Å². The van der Waals surface area contributed by atoms with Gasteiger partial charge in [0.1, 0.15) is 16.2 Å². The lowest BCUT2D eigenvalue weighted by molar-refractivity contribution is 0.670. The van der Waals surface area contributed by atoms with E-state index in [9.17, 15) is 0 Å². The average Bonchev–Trinajstić information content (AvgIpc) is 3.85. The second-order valence-corrected chi connectivity index (χ2v) is 13.5. The van der Waals surface area contributed by atoms with Gasteiger partial charge in [-0.2, -0.15) is 0 Å². The second kappa shape index (κ2) is 10.4. The average molecular weight is 639 g/mol. The van der Waals surface area contributed by atoms with Crippen LogP contribution in [0.1, 0.15) is 0 Å². The molecule has 0 aliphatic heterocycles. The largest absolute Gasteiger partial charge is 0.455 e. The summed E-state index contributed by atoms with van der Waals surface area (Å²) in [5, 5.41) is 5.28. The second-order valence-electron chi connectivity index (χ2n) is 11.4. The predicted molar refractivity (Wildman–Crippen MR) is 195 cm³/mol. The third kappa shape index (κ3) is 4.21. The van der Waals surface area contributed by atoms with Crippen LogP contribution in [0.2, 0.25) is 0 Å². The van der Waals surface area contributed by atoms with Crippen LogP contribution in [0, 0.1) is 0 Å². The van der Waals surface area contributed by atoms with E-state index in [1.807, 2.05) is 60.7 Å². The van der Waals surface area contributed by atoms with Crippen molar-refractivity contribution in [1.82, 2.24) is 19.9 Å². The lowest BCUT2D eigenvalue weighted by Gasteiger charge is -2.10. The Kier molecular flexibility index (Phi) is 5.85. The molecule has 220 valence electrons. The number of benzene rings is 6. The number of hydrogen-bond donors (Lipinski definition) is 0. The molecule has 10 aromatic rings. The van der Waals surface area contributed by atoms with E-state index in [0.717, 1.165) is 64.8 Å². The number of hydrogen-bond acceptors (Lipinski definition) is 7. The summed E-state index contributed by atoms with van der Waals surface area (Å²) in [5.41, 5.74) is 6.36. The van der Waals surface area contributed by atoms with E-state index in [4.69, 9.17) is 24.4 Å². The fraction of sp³-hybridized carbons (Fsp3) is 0. The highest BCUT2D eigenvalue weighted by molar-refractivity contribution is 7.26. The van der Waals surface area contributed by atoms with E-state index in [1.54, 1.807) is 22.7 Å². The van der Waals surface area contributed by atoms with E-state index < -0.39 is 0 Å². The van der Waals surface area contributed by atoms with Crippen molar-refractivity contribution in [3.63, 3.8) is 0 Å². The number of fused-ring (bicyclic) bond motifs is 7. The predicted octanol–water partition coefficient (Wildman–Crippen LogP) is 11.4. The minimum atomic E-state index is 0.601. The van der Waals surface area contributed by atoms with Crippen molar-refractivity contribution < 1.29 is 4.42 Å². The first-order chi connectivity index (χ1) is 23.3. The first-order valence-electron chi connectivity index (χ1n) is 15.3. The van der Waals surface area contributed by atoms with Gasteiger partial charge in [0.25, 0.3) is 0 Å². The van der Waals surface area contributed by atoms with E-state index in [2.05, 4.69) is 72.8 Å². The normalized spacial score (nSPS) is 11.8. The quantitative estimate of drug-likeness (QED) is 0.192. The molecule has 0 aliphatic carbocycles. The van der Waals surface area contributed by atoms with Gasteiger partial charge in [0, 0.05) is 47.6 Å². The lowest BCUT2D eigenvalue weighted by Crippen LogP contribution is -2.00. The van der Waals surface area contributed by atoms with Crippen LogP contribution in [0.15, 0.2) is 138 Å². The fourth-order valence-electron chi connectivity index (χ4n) is 6.48. The Labute approximate surface area is 276 Å². The molecule has 0 radical (unpaired) electrons. The Balaban J connectivity index is 1.23. The van der Waals surface area contributed by atoms with Crippen molar-refractivity contribution in [2.75, 3.05) is 0 Å². The summed E-state index contributed by atoms with van der Waals surface area (Å²) in [4.78, 5) is 20.4. The van der Waals surface area contributed by atoms with Crippen LogP contribution in [0.25, 0.3) is 97.1 Å². The van der Waals surface area contributed by atoms with Gasteiger partial charge in [-0.25, -0.2) is 19.9 Å². The summed E-state index contributed by atoms with van der Waals surface area (Å²) in [6.07, 6.45) is 0. The first-order valence-corrected chi connectivity index (χ1v) is 16.9. The fourth-order valence-corrected chi connectivity index (χ4v) is 8.60. The molecule has 4 heterocycles. The minimum absolute atomic E-state index is 0.601. The maximum absolute atomic E-state index is 6.62.